The zero-order chi connectivity index (χ0) is 13.2. The lowest BCUT2D eigenvalue weighted by Crippen LogP contribution is -2.42. The van der Waals surface area contributed by atoms with E-state index >= 15 is 0 Å². The molecule has 0 amide bonds. The van der Waals surface area contributed by atoms with Gasteiger partial charge in [0.15, 0.2) is 0 Å². The Morgan fingerprint density at radius 3 is 2.67 bits per heavy atom. The lowest BCUT2D eigenvalue weighted by atomic mass is 9.90. The van der Waals surface area contributed by atoms with E-state index in [-0.39, 0.29) is 0 Å². The molecule has 0 aliphatic heterocycles. The molecular weight excluding hydrogens is 222 g/mol. The summed E-state index contributed by atoms with van der Waals surface area (Å²) in [4.78, 5) is 0. The summed E-state index contributed by atoms with van der Waals surface area (Å²) in [7, 11) is 1.86. The summed E-state index contributed by atoms with van der Waals surface area (Å²) < 4.78 is 5.73. The van der Waals surface area contributed by atoms with E-state index in [1.165, 1.54) is 44.9 Å². The molecule has 0 saturated carbocycles. The summed E-state index contributed by atoms with van der Waals surface area (Å²) in [6.07, 6.45) is 13.1. The van der Waals surface area contributed by atoms with Crippen LogP contribution in [0.15, 0.2) is 11.6 Å². The van der Waals surface area contributed by atoms with E-state index in [0.29, 0.717) is 12.1 Å². The quantitative estimate of drug-likeness (QED) is 0.691. The van der Waals surface area contributed by atoms with Gasteiger partial charge in [-0.25, -0.2) is 0 Å². The number of methoxy groups -OCH3 is 1. The van der Waals surface area contributed by atoms with Crippen LogP contribution in [-0.4, -0.2) is 25.8 Å². The molecule has 0 spiro atoms. The lowest BCUT2D eigenvalue weighted by molar-refractivity contribution is 0.0705. The summed E-state index contributed by atoms with van der Waals surface area (Å²) >= 11 is 0. The molecule has 0 fully saturated rings. The Kier molecular flexibility index (Phi) is 8.36. The Balaban J connectivity index is 2.72. The smallest absolute Gasteiger partial charge is 0.0762 e. The molecule has 2 unspecified atom stereocenters. The van der Waals surface area contributed by atoms with Crippen LogP contribution in [0.3, 0.4) is 0 Å². The van der Waals surface area contributed by atoms with Crippen LogP contribution in [0.5, 0.6) is 0 Å². The van der Waals surface area contributed by atoms with Crippen molar-refractivity contribution >= 4 is 0 Å². The minimum Gasteiger partial charge on any atom is -0.379 e. The number of allylic oxidation sites excluding steroid dienone is 1. The molecule has 18 heavy (non-hydrogen) atoms. The molecule has 1 aliphatic rings. The van der Waals surface area contributed by atoms with Crippen LogP contribution >= 0.6 is 0 Å². The second kappa shape index (κ2) is 9.57. The van der Waals surface area contributed by atoms with Crippen molar-refractivity contribution in [2.75, 3.05) is 13.7 Å². The highest BCUT2D eigenvalue weighted by molar-refractivity contribution is 5.14. The molecule has 2 atom stereocenters. The van der Waals surface area contributed by atoms with Crippen molar-refractivity contribution in [1.82, 2.24) is 5.32 Å². The van der Waals surface area contributed by atoms with Gasteiger partial charge in [0.05, 0.1) is 12.1 Å². The van der Waals surface area contributed by atoms with Gasteiger partial charge >= 0.3 is 0 Å². The van der Waals surface area contributed by atoms with Crippen molar-refractivity contribution in [1.29, 1.82) is 0 Å². The monoisotopic (exact) mass is 253 g/mol. The van der Waals surface area contributed by atoms with Gasteiger partial charge in [0.2, 0.25) is 0 Å². The second-order valence-corrected chi connectivity index (χ2v) is 5.33. The minimum atomic E-state index is 0.334. The van der Waals surface area contributed by atoms with Crippen LogP contribution in [0.1, 0.15) is 65.2 Å². The van der Waals surface area contributed by atoms with E-state index in [4.69, 9.17) is 4.74 Å². The van der Waals surface area contributed by atoms with Crippen molar-refractivity contribution in [2.24, 2.45) is 0 Å². The van der Waals surface area contributed by atoms with Crippen LogP contribution in [-0.2, 0) is 4.74 Å². The van der Waals surface area contributed by atoms with E-state index in [9.17, 15) is 0 Å². The lowest BCUT2D eigenvalue weighted by Gasteiger charge is -2.30. The molecule has 0 aromatic heterocycles. The predicted octanol–water partition coefficient (Wildman–Crippen LogP) is 4.06. The van der Waals surface area contributed by atoms with Crippen LogP contribution in [0.4, 0.5) is 0 Å². The first kappa shape index (κ1) is 15.7. The van der Waals surface area contributed by atoms with Gasteiger partial charge < -0.3 is 10.1 Å². The second-order valence-electron chi connectivity index (χ2n) is 5.33. The van der Waals surface area contributed by atoms with Crippen molar-refractivity contribution in [2.45, 2.75) is 77.4 Å². The molecule has 0 saturated heterocycles. The Morgan fingerprint density at radius 1 is 1.22 bits per heavy atom. The number of hydrogen-bond donors (Lipinski definition) is 1. The maximum atomic E-state index is 5.73. The van der Waals surface area contributed by atoms with Gasteiger partial charge in [-0.1, -0.05) is 44.8 Å². The summed E-state index contributed by atoms with van der Waals surface area (Å²) in [5.41, 5.74) is 1.59. The van der Waals surface area contributed by atoms with Gasteiger partial charge in [0.25, 0.3) is 0 Å². The molecule has 1 rings (SSSR count). The first-order valence-electron chi connectivity index (χ1n) is 7.78. The van der Waals surface area contributed by atoms with Gasteiger partial charge in [0, 0.05) is 7.11 Å². The summed E-state index contributed by atoms with van der Waals surface area (Å²) in [6.45, 7) is 5.45. The normalized spacial score (nSPS) is 20.7. The van der Waals surface area contributed by atoms with E-state index in [1.54, 1.807) is 5.57 Å². The van der Waals surface area contributed by atoms with Gasteiger partial charge in [-0.15, -0.1) is 0 Å². The van der Waals surface area contributed by atoms with Crippen LogP contribution in [0, 0.1) is 0 Å². The molecule has 0 heterocycles. The zero-order valence-electron chi connectivity index (χ0n) is 12.5. The number of likely N-dealkylation sites (N-methyl/N-ethyl adjacent to an activating group) is 1. The highest BCUT2D eigenvalue weighted by atomic mass is 16.5. The van der Waals surface area contributed by atoms with Crippen LogP contribution in [0.25, 0.3) is 0 Å². The minimum absolute atomic E-state index is 0.334. The standard InChI is InChI=1S/C16H31NO/c1-4-11-15(18-3)16(17-5-2)14-12-9-7-6-8-10-13-14/h12,15-17H,4-11,13H2,1-3H3. The third-order valence-corrected chi connectivity index (χ3v) is 3.90. The zero-order valence-corrected chi connectivity index (χ0v) is 12.5. The van der Waals surface area contributed by atoms with Gasteiger partial charge in [-0.3, -0.25) is 0 Å². The van der Waals surface area contributed by atoms with Crippen molar-refractivity contribution in [3.8, 4) is 0 Å². The molecule has 1 N–H and O–H groups in total. The number of nitrogens with one attached hydrogen (secondary N) is 1. The van der Waals surface area contributed by atoms with Crippen molar-refractivity contribution in [3.63, 3.8) is 0 Å². The van der Waals surface area contributed by atoms with Gasteiger partial charge in [-0.2, -0.15) is 0 Å². The molecule has 0 bridgehead atoms. The predicted molar refractivity (Wildman–Crippen MR) is 79.0 cm³/mol. The topological polar surface area (TPSA) is 21.3 Å². The molecule has 2 nitrogen and oxygen atoms in total. The average Bonchev–Trinajstić information content (AvgIpc) is 2.34. The molecule has 0 radical (unpaired) electrons. The van der Waals surface area contributed by atoms with E-state index in [0.717, 1.165) is 13.0 Å². The number of hydrogen-bond acceptors (Lipinski definition) is 2. The highest BCUT2D eigenvalue weighted by Gasteiger charge is 2.23. The Labute approximate surface area is 113 Å². The maximum Gasteiger partial charge on any atom is 0.0762 e. The third kappa shape index (κ3) is 5.11. The third-order valence-electron chi connectivity index (χ3n) is 3.90. The highest BCUT2D eigenvalue weighted by Crippen LogP contribution is 2.23. The number of ether oxygens (including phenoxy) is 1. The molecule has 106 valence electrons. The SMILES string of the molecule is CCCC(OC)C(NCC)C1=CCCCCCC1. The Bertz CT molecular complexity index is 237. The largest absolute Gasteiger partial charge is 0.379 e. The fourth-order valence-electron chi connectivity index (χ4n) is 2.93. The first-order chi connectivity index (χ1) is 8.83. The van der Waals surface area contributed by atoms with Gasteiger partial charge in [0.1, 0.15) is 0 Å². The molecular formula is C16H31NO. The van der Waals surface area contributed by atoms with E-state index in [2.05, 4.69) is 25.2 Å². The Hall–Kier alpha value is -0.340. The summed E-state index contributed by atoms with van der Waals surface area (Å²) in [5, 5.41) is 3.64. The fourth-order valence-corrected chi connectivity index (χ4v) is 2.93. The van der Waals surface area contributed by atoms with Crippen LogP contribution in [0.2, 0.25) is 0 Å². The molecule has 0 aromatic carbocycles. The van der Waals surface area contributed by atoms with E-state index in [1.807, 2.05) is 7.11 Å². The van der Waals surface area contributed by atoms with Crippen LogP contribution < -0.4 is 5.32 Å². The molecule has 2 heteroatoms. The molecule has 1 aliphatic carbocycles. The average molecular weight is 253 g/mol. The summed E-state index contributed by atoms with van der Waals surface area (Å²) in [5.74, 6) is 0. The van der Waals surface area contributed by atoms with E-state index < -0.39 is 0 Å². The van der Waals surface area contributed by atoms with Crippen molar-refractivity contribution in [3.05, 3.63) is 11.6 Å². The fraction of sp³-hybridized carbons (Fsp3) is 0.875. The number of rotatable bonds is 7. The van der Waals surface area contributed by atoms with Gasteiger partial charge in [-0.05, 0) is 38.6 Å². The molecule has 0 aromatic rings. The maximum absolute atomic E-state index is 5.73. The Morgan fingerprint density at radius 2 is 2.00 bits per heavy atom. The summed E-state index contributed by atoms with van der Waals surface area (Å²) in [6, 6.07) is 0.429. The first-order valence-corrected chi connectivity index (χ1v) is 7.78. The van der Waals surface area contributed by atoms with Crippen molar-refractivity contribution < 1.29 is 4.74 Å².